The average Bonchev–Trinajstić information content (AvgIpc) is 3.35. The Morgan fingerprint density at radius 2 is 2.08 bits per heavy atom. The molecule has 2 aliphatic heterocycles. The number of aromatic nitrogens is 1. The molecule has 1 saturated carbocycles. The first kappa shape index (κ1) is 16.1. The first-order chi connectivity index (χ1) is 11.6. The topological polar surface area (TPSA) is 58.8 Å². The third-order valence-electron chi connectivity index (χ3n) is 5.62. The molecule has 0 spiro atoms. The molecule has 3 fully saturated rings. The van der Waals surface area contributed by atoms with Crippen molar-refractivity contribution in [1.29, 1.82) is 0 Å². The van der Waals surface area contributed by atoms with Crippen molar-refractivity contribution in [3.8, 4) is 0 Å². The molecule has 0 radical (unpaired) electrons. The molecule has 6 nitrogen and oxygen atoms in total. The number of ether oxygens (including phenoxy) is 1. The highest BCUT2D eigenvalue weighted by Crippen LogP contribution is 2.40. The number of nitrogens with zero attached hydrogens (tertiary/aromatic N) is 3. The van der Waals surface area contributed by atoms with E-state index in [0.29, 0.717) is 30.1 Å². The second-order valence-corrected chi connectivity index (χ2v) is 7.69. The lowest BCUT2D eigenvalue weighted by atomic mass is 9.92. The van der Waals surface area contributed by atoms with Crippen LogP contribution < -0.4 is 0 Å². The molecule has 0 N–H and O–H groups in total. The molecule has 2 saturated heterocycles. The Hall–Kier alpha value is -1.40. The summed E-state index contributed by atoms with van der Waals surface area (Å²) in [7, 11) is 0. The van der Waals surface area contributed by atoms with Crippen molar-refractivity contribution in [3.63, 3.8) is 0 Å². The predicted octanol–water partition coefficient (Wildman–Crippen LogP) is 2.12. The van der Waals surface area contributed by atoms with Gasteiger partial charge in [0.15, 0.2) is 5.69 Å². The van der Waals surface area contributed by atoms with Gasteiger partial charge in [-0.05, 0) is 33.1 Å². The van der Waals surface area contributed by atoms with Crippen LogP contribution in [0.5, 0.6) is 0 Å². The maximum absolute atomic E-state index is 12.7. The van der Waals surface area contributed by atoms with Crippen molar-refractivity contribution < 1.29 is 14.1 Å². The predicted molar refractivity (Wildman–Crippen MR) is 88.9 cm³/mol. The van der Waals surface area contributed by atoms with E-state index in [2.05, 4.69) is 23.9 Å². The van der Waals surface area contributed by atoms with Gasteiger partial charge in [0, 0.05) is 50.1 Å². The van der Waals surface area contributed by atoms with Gasteiger partial charge in [-0.2, -0.15) is 0 Å². The number of amides is 1. The summed E-state index contributed by atoms with van der Waals surface area (Å²) in [5.74, 6) is 1.85. The molecular formula is C18H27N3O3. The second kappa shape index (κ2) is 6.48. The molecule has 0 aromatic carbocycles. The highest BCUT2D eigenvalue weighted by molar-refractivity contribution is 5.92. The monoisotopic (exact) mass is 333 g/mol. The summed E-state index contributed by atoms with van der Waals surface area (Å²) >= 11 is 0. The van der Waals surface area contributed by atoms with Gasteiger partial charge in [0.2, 0.25) is 0 Å². The molecule has 24 heavy (non-hydrogen) atoms. The van der Waals surface area contributed by atoms with Crippen molar-refractivity contribution in [2.45, 2.75) is 51.2 Å². The summed E-state index contributed by atoms with van der Waals surface area (Å²) in [6.45, 7) is 8.72. The number of piperidine rings is 1. The van der Waals surface area contributed by atoms with E-state index in [1.807, 2.05) is 11.0 Å². The third-order valence-corrected chi connectivity index (χ3v) is 5.62. The summed E-state index contributed by atoms with van der Waals surface area (Å²) in [6, 6.07) is 2.38. The fraction of sp³-hybridized carbons (Fsp3) is 0.778. The molecule has 1 aromatic heterocycles. The Bertz CT molecular complexity index is 596. The molecule has 0 bridgehead atoms. The zero-order valence-corrected chi connectivity index (χ0v) is 14.6. The minimum atomic E-state index is -0.0161. The Kier molecular flexibility index (Phi) is 4.35. The number of hydrogen-bond donors (Lipinski definition) is 0. The molecule has 2 atom stereocenters. The zero-order chi connectivity index (χ0) is 16.7. The van der Waals surface area contributed by atoms with E-state index in [9.17, 15) is 4.79 Å². The quantitative estimate of drug-likeness (QED) is 0.848. The fourth-order valence-electron chi connectivity index (χ4n) is 3.84. The fourth-order valence-corrected chi connectivity index (χ4v) is 3.84. The van der Waals surface area contributed by atoms with Crippen LogP contribution in [0, 0.1) is 5.92 Å². The van der Waals surface area contributed by atoms with Crippen molar-refractivity contribution in [1.82, 2.24) is 15.0 Å². The smallest absolute Gasteiger partial charge is 0.276 e. The molecule has 3 heterocycles. The van der Waals surface area contributed by atoms with E-state index in [-0.39, 0.29) is 12.0 Å². The Morgan fingerprint density at radius 3 is 2.83 bits per heavy atom. The van der Waals surface area contributed by atoms with Gasteiger partial charge in [0.1, 0.15) is 5.76 Å². The van der Waals surface area contributed by atoms with Gasteiger partial charge < -0.3 is 14.2 Å². The Morgan fingerprint density at radius 1 is 1.25 bits per heavy atom. The van der Waals surface area contributed by atoms with Crippen LogP contribution in [0.3, 0.4) is 0 Å². The molecule has 1 amide bonds. The summed E-state index contributed by atoms with van der Waals surface area (Å²) in [5.41, 5.74) is 0.452. The molecule has 6 heteroatoms. The summed E-state index contributed by atoms with van der Waals surface area (Å²) < 4.78 is 11.4. The lowest BCUT2D eigenvalue weighted by Crippen LogP contribution is -2.49. The van der Waals surface area contributed by atoms with Crippen molar-refractivity contribution in [2.24, 2.45) is 5.92 Å². The number of hydrogen-bond acceptors (Lipinski definition) is 5. The zero-order valence-electron chi connectivity index (χ0n) is 14.6. The van der Waals surface area contributed by atoms with Gasteiger partial charge in [0.25, 0.3) is 5.91 Å². The van der Waals surface area contributed by atoms with Crippen LogP contribution in [0.2, 0.25) is 0 Å². The van der Waals surface area contributed by atoms with E-state index in [4.69, 9.17) is 9.26 Å². The van der Waals surface area contributed by atoms with Gasteiger partial charge in [0.05, 0.1) is 12.7 Å². The van der Waals surface area contributed by atoms with Crippen LogP contribution in [0.1, 0.15) is 55.3 Å². The Balaban J connectivity index is 1.40. The van der Waals surface area contributed by atoms with Gasteiger partial charge in [-0.25, -0.2) is 0 Å². The molecule has 4 rings (SSSR count). The summed E-state index contributed by atoms with van der Waals surface area (Å²) in [4.78, 5) is 17.1. The molecular weight excluding hydrogens is 306 g/mol. The van der Waals surface area contributed by atoms with E-state index >= 15 is 0 Å². The lowest BCUT2D eigenvalue weighted by molar-refractivity contribution is -0.0174. The Labute approximate surface area is 143 Å². The SMILES string of the molecule is CC(C)N1CCOC2CN(C(=O)c3cc(C4CC4)on3)CCC2C1. The number of carbonyl (C=O) groups is 1. The van der Waals surface area contributed by atoms with Crippen LogP contribution in [0.25, 0.3) is 0 Å². The largest absolute Gasteiger partial charge is 0.375 e. The number of carbonyl (C=O) groups excluding carboxylic acids is 1. The van der Waals surface area contributed by atoms with Crippen LogP contribution in [0.4, 0.5) is 0 Å². The van der Waals surface area contributed by atoms with E-state index in [1.165, 1.54) is 0 Å². The number of rotatable bonds is 3. The van der Waals surface area contributed by atoms with Crippen molar-refractivity contribution in [3.05, 3.63) is 17.5 Å². The van der Waals surface area contributed by atoms with Gasteiger partial charge in [-0.15, -0.1) is 0 Å². The van der Waals surface area contributed by atoms with Gasteiger partial charge in [-0.3, -0.25) is 9.69 Å². The maximum Gasteiger partial charge on any atom is 0.276 e. The lowest BCUT2D eigenvalue weighted by Gasteiger charge is -2.38. The van der Waals surface area contributed by atoms with Crippen LogP contribution in [-0.4, -0.2) is 65.8 Å². The van der Waals surface area contributed by atoms with Crippen LogP contribution in [0.15, 0.2) is 10.6 Å². The first-order valence-corrected chi connectivity index (χ1v) is 9.23. The second-order valence-electron chi connectivity index (χ2n) is 7.69. The highest BCUT2D eigenvalue weighted by Gasteiger charge is 2.37. The molecule has 1 aliphatic carbocycles. The normalized spacial score (nSPS) is 28.7. The number of likely N-dealkylation sites (tertiary alicyclic amines) is 1. The van der Waals surface area contributed by atoms with Crippen LogP contribution >= 0.6 is 0 Å². The highest BCUT2D eigenvalue weighted by atomic mass is 16.5. The van der Waals surface area contributed by atoms with E-state index in [0.717, 1.165) is 51.3 Å². The number of fused-ring (bicyclic) bond motifs is 1. The van der Waals surface area contributed by atoms with Crippen molar-refractivity contribution in [2.75, 3.05) is 32.8 Å². The van der Waals surface area contributed by atoms with Gasteiger partial charge in [-0.1, -0.05) is 5.16 Å². The summed E-state index contributed by atoms with van der Waals surface area (Å²) in [6.07, 6.45) is 3.43. The molecule has 1 aromatic rings. The summed E-state index contributed by atoms with van der Waals surface area (Å²) in [5, 5.41) is 4.00. The third kappa shape index (κ3) is 3.22. The molecule has 2 unspecified atom stereocenters. The van der Waals surface area contributed by atoms with Crippen molar-refractivity contribution >= 4 is 5.91 Å². The average molecular weight is 333 g/mol. The van der Waals surface area contributed by atoms with E-state index < -0.39 is 0 Å². The minimum absolute atomic E-state index is 0.0161. The van der Waals surface area contributed by atoms with Crippen LogP contribution in [-0.2, 0) is 4.74 Å². The standard InChI is InChI=1S/C18H27N3O3/c1-12(2)20-7-8-23-17-11-21(6-5-14(17)10-20)18(22)15-9-16(24-19-15)13-3-4-13/h9,12-14,17H,3-8,10-11H2,1-2H3. The van der Waals surface area contributed by atoms with E-state index in [1.54, 1.807) is 0 Å². The van der Waals surface area contributed by atoms with Gasteiger partial charge >= 0.3 is 0 Å². The minimum Gasteiger partial charge on any atom is -0.375 e. The first-order valence-electron chi connectivity index (χ1n) is 9.23. The maximum atomic E-state index is 12.7. The molecule has 132 valence electrons. The molecule has 3 aliphatic rings.